The summed E-state index contributed by atoms with van der Waals surface area (Å²) >= 11 is 0. The number of amides is 5. The van der Waals surface area contributed by atoms with E-state index in [2.05, 4.69) is 21.3 Å². The molecule has 5 rings (SSSR count). The minimum absolute atomic E-state index is 0.0414. The van der Waals surface area contributed by atoms with E-state index < -0.39 is 41.6 Å². The smallest absolute Gasteiger partial charge is 0.318 e. The molecule has 3 aromatic rings. The molecule has 0 spiro atoms. The number of hydrogen-bond acceptors (Lipinski definition) is 7. The topological polar surface area (TPSA) is 166 Å². The first-order chi connectivity index (χ1) is 26.7. The number of urea groups is 1. The van der Waals surface area contributed by atoms with Gasteiger partial charge in [0.1, 0.15) is 17.7 Å². The minimum Gasteiger partial charge on any atom is -0.361 e. The lowest BCUT2D eigenvalue weighted by atomic mass is 9.93. The van der Waals surface area contributed by atoms with Crippen molar-refractivity contribution in [2.24, 2.45) is 17.8 Å². The highest BCUT2D eigenvalue weighted by molar-refractivity contribution is 6.09. The van der Waals surface area contributed by atoms with Gasteiger partial charge in [0.25, 0.3) is 0 Å². The number of carbonyl (C=O) groups is 6. The summed E-state index contributed by atoms with van der Waals surface area (Å²) in [5, 5.41) is 11.6. The maximum Gasteiger partial charge on any atom is 0.318 e. The lowest BCUT2D eigenvalue weighted by Crippen LogP contribution is -2.58. The van der Waals surface area contributed by atoms with Crippen LogP contribution in [0.25, 0.3) is 0 Å². The average molecular weight is 766 g/mol. The van der Waals surface area contributed by atoms with Crippen molar-refractivity contribution in [3.05, 3.63) is 102 Å². The number of nitrogens with zero attached hydrogens (tertiary/aromatic N) is 1. The number of carbonyl (C=O) groups excluding carboxylic acids is 6. The van der Waals surface area contributed by atoms with Crippen molar-refractivity contribution in [2.45, 2.75) is 90.4 Å². The van der Waals surface area contributed by atoms with E-state index in [1.807, 2.05) is 76.2 Å². The molecule has 0 saturated carbocycles. The second-order valence-electron chi connectivity index (χ2n) is 16.0. The van der Waals surface area contributed by atoms with Gasteiger partial charge < -0.3 is 30.9 Å². The molecular weight excluding hydrogens is 711 g/mol. The third-order valence-electron chi connectivity index (χ3n) is 10.3. The molecule has 2 aliphatic rings. The number of hydrogen-bond donors (Lipinski definition) is 4. The molecule has 2 heterocycles. The van der Waals surface area contributed by atoms with E-state index in [9.17, 15) is 28.8 Å². The van der Waals surface area contributed by atoms with E-state index in [0.717, 1.165) is 5.56 Å². The summed E-state index contributed by atoms with van der Waals surface area (Å²) in [6.07, 6.45) is 1.80. The summed E-state index contributed by atoms with van der Waals surface area (Å²) in [6.45, 7) is 10.5. The summed E-state index contributed by atoms with van der Waals surface area (Å²) in [5.74, 6) is -1.61. The Balaban J connectivity index is 1.18. The number of anilines is 1. The standard InChI is InChI=1S/C44H55N5O7/c1-28(2)24-35(39(51)44(5)27-56-44)46-42(54)37(26-30-12-8-6-9-13-30)47-41(53)36(25-29(3)4)48-43(55)49-22-20-33(21-23-49)40(52)45-34-18-16-32(17-19-34)38(50)31-14-10-7-11-15-31/h6-19,28-29,33,35-37H,20-27H2,1-5H3,(H,45,52)(H,46,54)(H,47,53)(H,48,55). The predicted molar refractivity (Wildman–Crippen MR) is 214 cm³/mol. The fourth-order valence-electron chi connectivity index (χ4n) is 6.92. The molecule has 298 valence electrons. The van der Waals surface area contributed by atoms with Crippen molar-refractivity contribution in [3.8, 4) is 0 Å². The summed E-state index contributed by atoms with van der Waals surface area (Å²) in [7, 11) is 0. The third kappa shape index (κ3) is 11.6. The molecule has 5 amide bonds. The molecule has 12 heteroatoms. The number of ether oxygens (including phenoxy) is 1. The summed E-state index contributed by atoms with van der Waals surface area (Å²) in [6, 6.07) is 21.9. The van der Waals surface area contributed by atoms with Gasteiger partial charge in [0.05, 0.1) is 12.6 Å². The summed E-state index contributed by atoms with van der Waals surface area (Å²) in [4.78, 5) is 82.2. The molecule has 0 bridgehead atoms. The molecule has 0 radical (unpaired) electrons. The van der Waals surface area contributed by atoms with Gasteiger partial charge in [-0.1, -0.05) is 88.4 Å². The van der Waals surface area contributed by atoms with Crippen LogP contribution in [-0.2, 0) is 30.3 Å². The molecule has 4 N–H and O–H groups in total. The van der Waals surface area contributed by atoms with Crippen LogP contribution in [0.1, 0.15) is 81.8 Å². The Labute approximate surface area is 329 Å². The Morgan fingerprint density at radius 1 is 0.696 bits per heavy atom. The van der Waals surface area contributed by atoms with E-state index in [1.54, 1.807) is 48.2 Å². The van der Waals surface area contributed by atoms with Gasteiger partial charge in [-0.25, -0.2) is 4.79 Å². The van der Waals surface area contributed by atoms with E-state index in [1.165, 1.54) is 0 Å². The van der Waals surface area contributed by atoms with Gasteiger partial charge in [-0.05, 0) is 74.3 Å². The maximum absolute atomic E-state index is 13.9. The van der Waals surface area contributed by atoms with Gasteiger partial charge >= 0.3 is 6.03 Å². The number of likely N-dealkylation sites (tertiary alicyclic amines) is 1. The van der Waals surface area contributed by atoms with E-state index in [4.69, 9.17) is 4.74 Å². The lowest BCUT2D eigenvalue weighted by Gasteiger charge is -2.33. The Kier molecular flexibility index (Phi) is 14.2. The average Bonchev–Trinajstić information content (AvgIpc) is 3.95. The van der Waals surface area contributed by atoms with Gasteiger partial charge in [-0.3, -0.25) is 24.0 Å². The molecule has 12 nitrogen and oxygen atoms in total. The van der Waals surface area contributed by atoms with E-state index >= 15 is 0 Å². The Hall–Kier alpha value is -5.36. The predicted octanol–water partition coefficient (Wildman–Crippen LogP) is 5.31. The van der Waals surface area contributed by atoms with Crippen LogP contribution in [0.4, 0.5) is 10.5 Å². The first kappa shape index (κ1) is 41.8. The second-order valence-corrected chi connectivity index (χ2v) is 16.0. The minimum atomic E-state index is -1.01. The van der Waals surface area contributed by atoms with Crippen LogP contribution in [0.15, 0.2) is 84.9 Å². The molecule has 3 aromatic carbocycles. The van der Waals surface area contributed by atoms with E-state index in [0.29, 0.717) is 62.2 Å². The monoisotopic (exact) mass is 765 g/mol. The summed E-state index contributed by atoms with van der Waals surface area (Å²) in [5.41, 5.74) is 1.59. The van der Waals surface area contributed by atoms with Crippen LogP contribution in [0.2, 0.25) is 0 Å². The fraction of sp³-hybridized carbons (Fsp3) is 0.455. The van der Waals surface area contributed by atoms with Crippen molar-refractivity contribution < 1.29 is 33.5 Å². The van der Waals surface area contributed by atoms with Crippen LogP contribution in [-0.4, -0.2) is 83.6 Å². The number of epoxide rings is 1. The normalized spacial score (nSPS) is 18.4. The number of nitrogens with one attached hydrogen (secondary N) is 4. The molecule has 56 heavy (non-hydrogen) atoms. The highest BCUT2D eigenvalue weighted by Gasteiger charge is 2.50. The number of ketones is 2. The second kappa shape index (κ2) is 19.0. The lowest BCUT2D eigenvalue weighted by molar-refractivity contribution is -0.133. The van der Waals surface area contributed by atoms with Gasteiger partial charge in [-0.15, -0.1) is 0 Å². The highest BCUT2D eigenvalue weighted by atomic mass is 16.6. The molecule has 2 saturated heterocycles. The Bertz CT molecular complexity index is 1840. The quantitative estimate of drug-likeness (QED) is 0.107. The Morgan fingerprint density at radius 2 is 1.21 bits per heavy atom. The van der Waals surface area contributed by atoms with Gasteiger partial charge in [-0.2, -0.15) is 0 Å². The summed E-state index contributed by atoms with van der Waals surface area (Å²) < 4.78 is 5.40. The molecule has 0 aromatic heterocycles. The zero-order valence-corrected chi connectivity index (χ0v) is 33.0. The fourth-order valence-corrected chi connectivity index (χ4v) is 6.92. The number of Topliss-reactive ketones (excluding diaryl/α,β-unsaturated/α-hetero) is 1. The zero-order chi connectivity index (χ0) is 40.4. The van der Waals surface area contributed by atoms with Crippen molar-refractivity contribution in [2.75, 3.05) is 25.0 Å². The maximum atomic E-state index is 13.9. The zero-order valence-electron chi connectivity index (χ0n) is 33.0. The third-order valence-corrected chi connectivity index (χ3v) is 10.3. The van der Waals surface area contributed by atoms with Crippen LogP contribution < -0.4 is 21.3 Å². The van der Waals surface area contributed by atoms with Crippen LogP contribution in [0, 0.1) is 17.8 Å². The largest absolute Gasteiger partial charge is 0.361 e. The van der Waals surface area contributed by atoms with Crippen LogP contribution in [0.3, 0.4) is 0 Å². The van der Waals surface area contributed by atoms with Crippen LogP contribution in [0.5, 0.6) is 0 Å². The van der Waals surface area contributed by atoms with Crippen molar-refractivity contribution >= 4 is 41.0 Å². The molecule has 4 unspecified atom stereocenters. The molecular formula is C44H55N5O7. The number of piperidine rings is 1. The van der Waals surface area contributed by atoms with Crippen molar-refractivity contribution in [1.29, 1.82) is 0 Å². The van der Waals surface area contributed by atoms with Crippen molar-refractivity contribution in [1.82, 2.24) is 20.9 Å². The highest BCUT2D eigenvalue weighted by Crippen LogP contribution is 2.30. The first-order valence-electron chi connectivity index (χ1n) is 19.6. The molecule has 0 aliphatic carbocycles. The number of benzene rings is 3. The molecule has 4 atom stereocenters. The van der Waals surface area contributed by atoms with Crippen molar-refractivity contribution in [3.63, 3.8) is 0 Å². The SMILES string of the molecule is CC(C)CC(NC(=O)N1CCC(C(=O)Nc2ccc(C(=O)c3ccccc3)cc2)CC1)C(=O)NC(Cc1ccccc1)C(=O)NC(CC(C)C)C(=O)C1(C)CO1. The van der Waals surface area contributed by atoms with E-state index in [-0.39, 0.29) is 41.6 Å². The Morgan fingerprint density at radius 3 is 1.79 bits per heavy atom. The van der Waals surface area contributed by atoms with Gasteiger partial charge in [0.15, 0.2) is 11.6 Å². The van der Waals surface area contributed by atoms with Gasteiger partial charge in [0, 0.05) is 42.2 Å². The van der Waals surface area contributed by atoms with Crippen LogP contribution >= 0.6 is 0 Å². The first-order valence-corrected chi connectivity index (χ1v) is 19.6. The number of rotatable bonds is 17. The van der Waals surface area contributed by atoms with Gasteiger partial charge in [0.2, 0.25) is 17.7 Å². The molecule has 2 fully saturated rings. The molecule has 2 aliphatic heterocycles.